The Labute approximate surface area is 58.6 Å². The molecule has 4 heteroatoms. The minimum Gasteiger partial charge on any atom is -0.477 e. The molecule has 0 radical (unpaired) electrons. The smallest absolute Gasteiger partial charge is 0.354 e. The summed E-state index contributed by atoms with van der Waals surface area (Å²) in [5.41, 5.74) is -0.106. The van der Waals surface area contributed by atoms with Gasteiger partial charge in [-0.2, -0.15) is 0 Å². The predicted octanol–water partition coefficient (Wildman–Crippen LogP) is 0.356. The molecule has 0 aromatic rings. The van der Waals surface area contributed by atoms with Crippen LogP contribution in [0.25, 0.3) is 0 Å². The summed E-state index contributed by atoms with van der Waals surface area (Å²) in [7, 11) is 1.54. The Kier molecular flexibility index (Phi) is 3.79. The molecule has 0 aliphatic rings. The van der Waals surface area contributed by atoms with Crippen LogP contribution in [-0.2, 0) is 4.79 Å². The van der Waals surface area contributed by atoms with Crippen LogP contribution >= 0.6 is 0 Å². The third-order valence-corrected chi connectivity index (χ3v) is 0.771. The van der Waals surface area contributed by atoms with Gasteiger partial charge < -0.3 is 5.11 Å². The highest BCUT2D eigenvalue weighted by Crippen LogP contribution is 1.91. The number of aliphatic imine (C=N–C) groups is 2. The monoisotopic (exact) mass is 140 g/mol. The third kappa shape index (κ3) is 2.76. The first kappa shape index (κ1) is 8.55. The van der Waals surface area contributed by atoms with E-state index in [0.29, 0.717) is 0 Å². The second-order valence-electron chi connectivity index (χ2n) is 1.42. The molecule has 0 bridgehead atoms. The van der Waals surface area contributed by atoms with Gasteiger partial charge in [0, 0.05) is 13.3 Å². The maximum Gasteiger partial charge on any atom is 0.354 e. The first-order valence-corrected chi connectivity index (χ1v) is 2.54. The highest BCUT2D eigenvalue weighted by molar-refractivity contribution is 5.92. The molecule has 0 heterocycles. The van der Waals surface area contributed by atoms with Crippen molar-refractivity contribution in [3.63, 3.8) is 0 Å². The van der Waals surface area contributed by atoms with Gasteiger partial charge in [0.2, 0.25) is 0 Å². The lowest BCUT2D eigenvalue weighted by Gasteiger charge is -1.87. The van der Waals surface area contributed by atoms with E-state index in [1.54, 1.807) is 7.05 Å². The van der Waals surface area contributed by atoms with E-state index < -0.39 is 5.97 Å². The molecule has 1 N–H and O–H groups in total. The highest BCUT2D eigenvalue weighted by atomic mass is 16.4. The molecule has 0 spiro atoms. The molecule has 4 nitrogen and oxygen atoms in total. The number of hydrogen-bond donors (Lipinski definition) is 1. The van der Waals surface area contributed by atoms with Crippen LogP contribution in [0.3, 0.4) is 0 Å². The minimum absolute atomic E-state index is 0.106. The Morgan fingerprint density at radius 1 is 1.70 bits per heavy atom. The van der Waals surface area contributed by atoms with Gasteiger partial charge in [-0.05, 0) is 12.8 Å². The lowest BCUT2D eigenvalue weighted by molar-refractivity contribution is -0.132. The maximum absolute atomic E-state index is 10.2. The molecule has 0 aliphatic heterocycles. The van der Waals surface area contributed by atoms with Crippen LogP contribution in [-0.4, -0.2) is 31.1 Å². The number of allylic oxidation sites excluding steroid dienone is 1. The fourth-order valence-corrected chi connectivity index (χ4v) is 0.337. The van der Waals surface area contributed by atoms with E-state index in [1.807, 2.05) is 0 Å². The number of carboxylic acids is 1. The molecule has 0 saturated heterocycles. The van der Waals surface area contributed by atoms with Crippen LogP contribution in [0.5, 0.6) is 0 Å². The average molecular weight is 140 g/mol. The molecule has 10 heavy (non-hydrogen) atoms. The Balaban J connectivity index is 4.33. The van der Waals surface area contributed by atoms with Gasteiger partial charge in [-0.3, -0.25) is 9.98 Å². The third-order valence-electron chi connectivity index (χ3n) is 0.771. The van der Waals surface area contributed by atoms with Gasteiger partial charge in [0.05, 0.1) is 0 Å². The Hall–Kier alpha value is -1.45. The summed E-state index contributed by atoms with van der Waals surface area (Å²) in [5.74, 6) is -1.10. The zero-order chi connectivity index (χ0) is 7.98. The van der Waals surface area contributed by atoms with Gasteiger partial charge in [0.1, 0.15) is 5.70 Å². The molecule has 0 amide bonds. The van der Waals surface area contributed by atoms with E-state index in [4.69, 9.17) is 5.11 Å². The summed E-state index contributed by atoms with van der Waals surface area (Å²) in [6, 6.07) is 0. The van der Waals surface area contributed by atoms with Gasteiger partial charge in [-0.25, -0.2) is 4.79 Å². The second kappa shape index (κ2) is 4.43. The van der Waals surface area contributed by atoms with E-state index in [2.05, 4.69) is 16.7 Å². The zero-order valence-corrected chi connectivity index (χ0v) is 5.61. The van der Waals surface area contributed by atoms with Crippen molar-refractivity contribution >= 4 is 18.9 Å². The zero-order valence-electron chi connectivity index (χ0n) is 5.61. The normalized spacial score (nSPS) is 11.9. The summed E-state index contributed by atoms with van der Waals surface area (Å²) >= 11 is 0. The Bertz CT molecular complexity index is 194. The highest BCUT2D eigenvalue weighted by Gasteiger charge is 2.00. The van der Waals surface area contributed by atoms with Crippen LogP contribution in [0.4, 0.5) is 0 Å². The molecule has 0 rings (SSSR count). The molecule has 0 unspecified atom stereocenters. The molecule has 0 aliphatic carbocycles. The molecule has 54 valence electrons. The predicted molar refractivity (Wildman–Crippen MR) is 39.7 cm³/mol. The van der Waals surface area contributed by atoms with Crippen LogP contribution in [0, 0.1) is 0 Å². The second-order valence-corrected chi connectivity index (χ2v) is 1.42. The SMILES string of the molecule is C=N/C(=C\C=NC)C(=O)O. The molecule has 0 saturated carbocycles. The lowest BCUT2D eigenvalue weighted by atomic mass is 10.4. The fraction of sp³-hybridized carbons (Fsp3) is 0.167. The van der Waals surface area contributed by atoms with Crippen molar-refractivity contribution in [1.29, 1.82) is 0 Å². The van der Waals surface area contributed by atoms with E-state index >= 15 is 0 Å². The van der Waals surface area contributed by atoms with Crippen LogP contribution in [0.2, 0.25) is 0 Å². The van der Waals surface area contributed by atoms with Crippen molar-refractivity contribution in [2.24, 2.45) is 9.98 Å². The summed E-state index contributed by atoms with van der Waals surface area (Å²) in [4.78, 5) is 17.0. The van der Waals surface area contributed by atoms with E-state index in [1.165, 1.54) is 12.3 Å². The van der Waals surface area contributed by atoms with Gasteiger partial charge in [0.25, 0.3) is 0 Å². The maximum atomic E-state index is 10.2. The molecular weight excluding hydrogens is 132 g/mol. The van der Waals surface area contributed by atoms with Gasteiger partial charge in [-0.1, -0.05) is 0 Å². The number of carboxylic acid groups (broad SMARTS) is 1. The average Bonchev–Trinajstić information content (AvgIpc) is 1.89. The lowest BCUT2D eigenvalue weighted by Crippen LogP contribution is -1.97. The van der Waals surface area contributed by atoms with Gasteiger partial charge in [-0.15, -0.1) is 0 Å². The minimum atomic E-state index is -1.10. The molecule has 0 fully saturated rings. The molecule has 0 atom stereocenters. The van der Waals surface area contributed by atoms with Crippen molar-refractivity contribution in [3.05, 3.63) is 11.8 Å². The standard InChI is InChI=1S/C6H8N2O2/c1-7-4-3-5(8-2)6(9)10/h3-4H,2H2,1H3,(H,9,10)/b5-3-,7-4?. The molecule has 0 aromatic heterocycles. The fourth-order valence-electron chi connectivity index (χ4n) is 0.337. The first-order valence-electron chi connectivity index (χ1n) is 2.54. The van der Waals surface area contributed by atoms with E-state index in [-0.39, 0.29) is 5.70 Å². The summed E-state index contributed by atoms with van der Waals surface area (Å²) in [6.07, 6.45) is 2.62. The van der Waals surface area contributed by atoms with Crippen LogP contribution in [0.1, 0.15) is 0 Å². The number of hydrogen-bond acceptors (Lipinski definition) is 3. The first-order chi connectivity index (χ1) is 4.72. The van der Waals surface area contributed by atoms with Crippen LogP contribution in [0.15, 0.2) is 21.8 Å². The van der Waals surface area contributed by atoms with Crippen LogP contribution < -0.4 is 0 Å². The molecule has 0 aromatic carbocycles. The van der Waals surface area contributed by atoms with Crippen molar-refractivity contribution < 1.29 is 9.90 Å². The van der Waals surface area contributed by atoms with Crippen molar-refractivity contribution in [3.8, 4) is 0 Å². The quantitative estimate of drug-likeness (QED) is 0.454. The topological polar surface area (TPSA) is 62.0 Å². The van der Waals surface area contributed by atoms with Gasteiger partial charge >= 0.3 is 5.97 Å². The van der Waals surface area contributed by atoms with Crippen molar-refractivity contribution in [1.82, 2.24) is 0 Å². The van der Waals surface area contributed by atoms with Crippen molar-refractivity contribution in [2.45, 2.75) is 0 Å². The Morgan fingerprint density at radius 2 is 2.30 bits per heavy atom. The Morgan fingerprint density at radius 3 is 2.60 bits per heavy atom. The summed E-state index contributed by atoms with van der Waals surface area (Å²) in [6.45, 7) is 3.07. The number of rotatable bonds is 3. The largest absolute Gasteiger partial charge is 0.477 e. The summed E-state index contributed by atoms with van der Waals surface area (Å²) < 4.78 is 0. The molecular formula is C6H8N2O2. The number of nitrogens with zero attached hydrogens (tertiary/aromatic N) is 2. The van der Waals surface area contributed by atoms with E-state index in [0.717, 1.165) is 0 Å². The number of aliphatic carboxylic acids is 1. The van der Waals surface area contributed by atoms with Gasteiger partial charge in [0.15, 0.2) is 0 Å². The van der Waals surface area contributed by atoms with Crippen molar-refractivity contribution in [2.75, 3.05) is 7.05 Å². The summed E-state index contributed by atoms with van der Waals surface area (Å²) in [5, 5.41) is 8.34. The van der Waals surface area contributed by atoms with E-state index in [9.17, 15) is 4.79 Å². The number of carbonyl (C=O) groups is 1.